The highest BCUT2D eigenvalue weighted by atomic mass is 16.5. The summed E-state index contributed by atoms with van der Waals surface area (Å²) in [5, 5.41) is 7.69. The molecule has 0 aliphatic carbocycles. The van der Waals surface area contributed by atoms with Crippen LogP contribution in [0.15, 0.2) is 47.3 Å². The fourth-order valence-electron chi connectivity index (χ4n) is 3.64. The van der Waals surface area contributed by atoms with E-state index >= 15 is 0 Å². The van der Waals surface area contributed by atoms with Gasteiger partial charge in [-0.1, -0.05) is 18.2 Å². The number of morpholine rings is 1. The quantitative estimate of drug-likeness (QED) is 0.594. The van der Waals surface area contributed by atoms with Gasteiger partial charge in [-0.3, -0.25) is 14.4 Å². The largest absolute Gasteiger partial charge is 0.497 e. The highest BCUT2D eigenvalue weighted by Gasteiger charge is 2.22. The molecular weight excluding hydrogens is 428 g/mol. The number of benzene rings is 2. The molecule has 0 spiro atoms. The van der Waals surface area contributed by atoms with Crippen molar-refractivity contribution in [3.05, 3.63) is 58.5 Å². The highest BCUT2D eigenvalue weighted by molar-refractivity contribution is 6.05. The van der Waals surface area contributed by atoms with Crippen molar-refractivity contribution in [2.24, 2.45) is 0 Å². The van der Waals surface area contributed by atoms with Gasteiger partial charge in [0.1, 0.15) is 17.2 Å². The average molecular weight is 452 g/mol. The van der Waals surface area contributed by atoms with Crippen LogP contribution in [0.4, 0.5) is 0 Å². The van der Waals surface area contributed by atoms with Crippen molar-refractivity contribution in [3.63, 3.8) is 0 Å². The van der Waals surface area contributed by atoms with Crippen LogP contribution in [-0.2, 0) is 9.53 Å². The van der Waals surface area contributed by atoms with Crippen molar-refractivity contribution in [2.75, 3.05) is 47.1 Å². The lowest BCUT2D eigenvalue weighted by atomic mass is 10.1. The Hall–Kier alpha value is -3.92. The lowest BCUT2D eigenvalue weighted by Crippen LogP contribution is -2.45. The summed E-state index contributed by atoms with van der Waals surface area (Å²) in [5.41, 5.74) is -0.0274. The van der Waals surface area contributed by atoms with Crippen LogP contribution in [0.25, 0.3) is 16.5 Å². The molecule has 1 N–H and O–H groups in total. The molecule has 2 amide bonds. The van der Waals surface area contributed by atoms with E-state index in [4.69, 9.17) is 14.2 Å². The molecule has 2 aromatic carbocycles. The first-order valence-corrected chi connectivity index (χ1v) is 10.4. The molecule has 0 saturated carbocycles. The SMILES string of the molecule is COc1ccc(-n2nc(C(=O)NCC(=O)N3CCOCC3)c3ccccc3c2=O)c(OC)c1. The number of aromatic nitrogens is 2. The number of hydrogen-bond acceptors (Lipinski definition) is 7. The Labute approximate surface area is 189 Å². The molecule has 1 aromatic heterocycles. The molecule has 1 aliphatic heterocycles. The van der Waals surface area contributed by atoms with Crippen LogP contribution in [-0.4, -0.2) is 73.6 Å². The summed E-state index contributed by atoms with van der Waals surface area (Å²) in [6, 6.07) is 11.6. The minimum absolute atomic E-state index is 0.0258. The summed E-state index contributed by atoms with van der Waals surface area (Å²) in [6.07, 6.45) is 0. The van der Waals surface area contributed by atoms with Crippen molar-refractivity contribution in [1.82, 2.24) is 20.0 Å². The third-order valence-electron chi connectivity index (χ3n) is 5.40. The summed E-state index contributed by atoms with van der Waals surface area (Å²) in [5.74, 6) is 0.132. The third-order valence-corrected chi connectivity index (χ3v) is 5.40. The van der Waals surface area contributed by atoms with Crippen LogP contribution < -0.4 is 20.3 Å². The molecule has 0 radical (unpaired) electrons. The number of nitrogens with zero attached hydrogens (tertiary/aromatic N) is 3. The van der Waals surface area contributed by atoms with Crippen LogP contribution in [0.5, 0.6) is 11.5 Å². The molecule has 10 nitrogen and oxygen atoms in total. The monoisotopic (exact) mass is 452 g/mol. The van der Waals surface area contributed by atoms with E-state index in [-0.39, 0.29) is 18.1 Å². The molecule has 10 heteroatoms. The van der Waals surface area contributed by atoms with Crippen LogP contribution in [0.3, 0.4) is 0 Å². The predicted octanol–water partition coefficient (Wildman–Crippen LogP) is 0.991. The summed E-state index contributed by atoms with van der Waals surface area (Å²) in [4.78, 5) is 40.3. The fourth-order valence-corrected chi connectivity index (χ4v) is 3.64. The first-order chi connectivity index (χ1) is 16.0. The summed E-state index contributed by atoms with van der Waals surface area (Å²) < 4.78 is 17.0. The molecule has 1 aliphatic rings. The van der Waals surface area contributed by atoms with Gasteiger partial charge in [-0.05, 0) is 18.2 Å². The van der Waals surface area contributed by atoms with E-state index in [1.165, 1.54) is 14.2 Å². The molecule has 172 valence electrons. The van der Waals surface area contributed by atoms with Crippen molar-refractivity contribution in [3.8, 4) is 17.2 Å². The lowest BCUT2D eigenvalue weighted by Gasteiger charge is -2.26. The molecule has 1 saturated heterocycles. The molecule has 0 unspecified atom stereocenters. The fraction of sp³-hybridized carbons (Fsp3) is 0.304. The van der Waals surface area contributed by atoms with E-state index in [1.807, 2.05) is 0 Å². The van der Waals surface area contributed by atoms with Gasteiger partial charge in [0.05, 0.1) is 39.4 Å². The molecule has 4 rings (SSSR count). The topological polar surface area (TPSA) is 112 Å². The predicted molar refractivity (Wildman–Crippen MR) is 120 cm³/mol. The van der Waals surface area contributed by atoms with Gasteiger partial charge in [-0.15, -0.1) is 0 Å². The number of fused-ring (bicyclic) bond motifs is 1. The van der Waals surface area contributed by atoms with Crippen molar-refractivity contribution in [2.45, 2.75) is 0 Å². The normalized spacial score (nSPS) is 13.6. The summed E-state index contributed by atoms with van der Waals surface area (Å²) >= 11 is 0. The number of amides is 2. The lowest BCUT2D eigenvalue weighted by molar-refractivity contribution is -0.134. The van der Waals surface area contributed by atoms with E-state index in [9.17, 15) is 14.4 Å². The molecule has 2 heterocycles. The van der Waals surface area contributed by atoms with Gasteiger partial charge in [0, 0.05) is 24.5 Å². The number of ether oxygens (including phenoxy) is 3. The van der Waals surface area contributed by atoms with Crippen LogP contribution in [0.1, 0.15) is 10.5 Å². The standard InChI is InChI=1S/C23H24N4O6/c1-31-15-7-8-18(19(13-15)32-2)27-23(30)17-6-4-3-5-16(17)21(25-27)22(29)24-14-20(28)26-9-11-33-12-10-26/h3-8,13H,9-12,14H2,1-2H3,(H,24,29). The minimum atomic E-state index is -0.561. The van der Waals surface area contributed by atoms with Crippen molar-refractivity contribution < 1.29 is 23.8 Å². The summed E-state index contributed by atoms with van der Waals surface area (Å²) in [6.45, 7) is 1.73. The van der Waals surface area contributed by atoms with E-state index in [0.29, 0.717) is 54.3 Å². The van der Waals surface area contributed by atoms with Crippen LogP contribution in [0.2, 0.25) is 0 Å². The van der Waals surface area contributed by atoms with Crippen LogP contribution in [0, 0.1) is 0 Å². The maximum absolute atomic E-state index is 13.2. The number of nitrogens with one attached hydrogen (secondary N) is 1. The zero-order valence-corrected chi connectivity index (χ0v) is 18.4. The smallest absolute Gasteiger partial charge is 0.279 e. The zero-order chi connectivity index (χ0) is 23.4. The Morgan fingerprint density at radius 2 is 1.79 bits per heavy atom. The van der Waals surface area contributed by atoms with Crippen molar-refractivity contribution >= 4 is 22.6 Å². The number of methoxy groups -OCH3 is 2. The molecular formula is C23H24N4O6. The molecule has 33 heavy (non-hydrogen) atoms. The van der Waals surface area contributed by atoms with E-state index in [2.05, 4.69) is 10.4 Å². The molecule has 0 atom stereocenters. The Morgan fingerprint density at radius 3 is 2.48 bits per heavy atom. The van der Waals surface area contributed by atoms with Gasteiger partial charge in [0.15, 0.2) is 5.69 Å². The van der Waals surface area contributed by atoms with E-state index in [1.54, 1.807) is 47.4 Å². The van der Waals surface area contributed by atoms with Gasteiger partial charge in [-0.25, -0.2) is 0 Å². The zero-order valence-electron chi connectivity index (χ0n) is 18.4. The molecule has 0 bridgehead atoms. The second-order valence-electron chi connectivity index (χ2n) is 7.32. The second-order valence-corrected chi connectivity index (χ2v) is 7.32. The Bertz CT molecular complexity index is 1250. The Morgan fingerprint density at radius 1 is 1.06 bits per heavy atom. The Balaban J connectivity index is 1.71. The second kappa shape index (κ2) is 9.70. The van der Waals surface area contributed by atoms with Gasteiger partial charge in [0.2, 0.25) is 5.91 Å². The van der Waals surface area contributed by atoms with Gasteiger partial charge in [0.25, 0.3) is 11.5 Å². The first-order valence-electron chi connectivity index (χ1n) is 10.4. The number of hydrogen-bond donors (Lipinski definition) is 1. The van der Waals surface area contributed by atoms with Crippen molar-refractivity contribution in [1.29, 1.82) is 0 Å². The maximum atomic E-state index is 13.2. The van der Waals surface area contributed by atoms with Crippen LogP contribution >= 0.6 is 0 Å². The minimum Gasteiger partial charge on any atom is -0.497 e. The third kappa shape index (κ3) is 4.51. The number of rotatable bonds is 6. The van der Waals surface area contributed by atoms with E-state index in [0.717, 1.165) is 4.68 Å². The first kappa shape index (κ1) is 22.3. The number of carbonyl (C=O) groups is 2. The molecule has 3 aromatic rings. The Kier molecular flexibility index (Phi) is 6.55. The maximum Gasteiger partial charge on any atom is 0.279 e. The average Bonchev–Trinajstić information content (AvgIpc) is 2.87. The van der Waals surface area contributed by atoms with E-state index < -0.39 is 11.5 Å². The van der Waals surface area contributed by atoms with Gasteiger partial charge < -0.3 is 24.4 Å². The number of carbonyl (C=O) groups excluding carboxylic acids is 2. The molecule has 1 fully saturated rings. The van der Waals surface area contributed by atoms with Gasteiger partial charge >= 0.3 is 0 Å². The highest BCUT2D eigenvalue weighted by Crippen LogP contribution is 2.27. The summed E-state index contributed by atoms with van der Waals surface area (Å²) in [7, 11) is 2.99. The van der Waals surface area contributed by atoms with Gasteiger partial charge in [-0.2, -0.15) is 9.78 Å².